The molecular formula is C13H16ClF2NO. The van der Waals surface area contributed by atoms with E-state index in [4.69, 9.17) is 11.6 Å². The predicted molar refractivity (Wildman–Crippen MR) is 68.5 cm³/mol. The number of halogens is 3. The molecule has 0 heterocycles. The van der Waals surface area contributed by atoms with E-state index in [1.165, 1.54) is 0 Å². The van der Waals surface area contributed by atoms with Crippen molar-refractivity contribution in [3.8, 4) is 0 Å². The summed E-state index contributed by atoms with van der Waals surface area (Å²) in [5.41, 5.74) is 2.16. The molecule has 0 spiro atoms. The normalized spacial score (nSPS) is 10.8. The van der Waals surface area contributed by atoms with Gasteiger partial charge in [-0.25, -0.2) is 8.78 Å². The van der Waals surface area contributed by atoms with Gasteiger partial charge in [-0.15, -0.1) is 11.6 Å². The first-order valence-corrected chi connectivity index (χ1v) is 6.19. The third kappa shape index (κ3) is 3.95. The molecule has 18 heavy (non-hydrogen) atoms. The Hall–Kier alpha value is -1.16. The number of rotatable bonds is 5. The molecule has 0 bridgehead atoms. The summed E-state index contributed by atoms with van der Waals surface area (Å²) in [5, 5.41) is 0. The Morgan fingerprint density at radius 3 is 2.61 bits per heavy atom. The van der Waals surface area contributed by atoms with Crippen LogP contribution in [0.2, 0.25) is 0 Å². The van der Waals surface area contributed by atoms with Crippen LogP contribution in [0.4, 0.5) is 8.78 Å². The fourth-order valence-electron chi connectivity index (χ4n) is 1.68. The van der Waals surface area contributed by atoms with Crippen LogP contribution in [-0.2, 0) is 0 Å². The van der Waals surface area contributed by atoms with Gasteiger partial charge in [0.25, 0.3) is 12.3 Å². The van der Waals surface area contributed by atoms with Gasteiger partial charge >= 0.3 is 0 Å². The van der Waals surface area contributed by atoms with Gasteiger partial charge in [-0.1, -0.05) is 17.7 Å². The molecule has 0 aliphatic rings. The molecule has 1 aromatic rings. The Kier molecular flexibility index (Phi) is 5.54. The molecule has 1 amide bonds. The monoisotopic (exact) mass is 275 g/mol. The molecule has 0 unspecified atom stereocenters. The molecule has 5 heteroatoms. The zero-order chi connectivity index (χ0) is 13.7. The smallest absolute Gasteiger partial charge is 0.255 e. The Morgan fingerprint density at radius 1 is 1.39 bits per heavy atom. The SMILES string of the molecule is Cc1ccc(C)c(C(=O)N(CCCl)CC(F)F)c1. The number of alkyl halides is 3. The lowest BCUT2D eigenvalue weighted by molar-refractivity contribution is 0.0570. The molecule has 0 radical (unpaired) electrons. The summed E-state index contributed by atoms with van der Waals surface area (Å²) in [6, 6.07) is 5.40. The molecule has 0 aliphatic carbocycles. The first-order chi connectivity index (χ1) is 8.45. The Balaban J connectivity index is 2.97. The highest BCUT2D eigenvalue weighted by molar-refractivity contribution is 6.18. The van der Waals surface area contributed by atoms with Crippen LogP contribution in [0.1, 0.15) is 21.5 Å². The van der Waals surface area contributed by atoms with Crippen LogP contribution in [0, 0.1) is 13.8 Å². The van der Waals surface area contributed by atoms with Gasteiger partial charge in [0.05, 0.1) is 6.54 Å². The molecule has 0 N–H and O–H groups in total. The molecule has 0 aromatic heterocycles. The standard InChI is InChI=1S/C13H16ClF2NO/c1-9-3-4-10(2)11(7-9)13(18)17(6-5-14)8-12(15)16/h3-4,7,12H,5-6,8H2,1-2H3. The van der Waals surface area contributed by atoms with Crippen molar-refractivity contribution < 1.29 is 13.6 Å². The molecule has 0 aliphatic heterocycles. The maximum atomic E-state index is 12.4. The highest BCUT2D eigenvalue weighted by Gasteiger charge is 2.20. The van der Waals surface area contributed by atoms with Gasteiger partial charge in [0.2, 0.25) is 0 Å². The van der Waals surface area contributed by atoms with E-state index in [1.54, 1.807) is 13.0 Å². The number of carbonyl (C=O) groups excluding carboxylic acids is 1. The minimum absolute atomic E-state index is 0.123. The van der Waals surface area contributed by atoms with E-state index in [0.29, 0.717) is 5.56 Å². The molecule has 1 rings (SSSR count). The van der Waals surface area contributed by atoms with Gasteiger partial charge in [0.15, 0.2) is 0 Å². The second-order valence-corrected chi connectivity index (χ2v) is 4.53. The zero-order valence-electron chi connectivity index (χ0n) is 10.4. The van der Waals surface area contributed by atoms with E-state index in [9.17, 15) is 13.6 Å². The molecule has 0 fully saturated rings. The second kappa shape index (κ2) is 6.69. The third-order valence-corrected chi connectivity index (χ3v) is 2.79. The van der Waals surface area contributed by atoms with E-state index >= 15 is 0 Å². The largest absolute Gasteiger partial charge is 0.332 e. The van der Waals surface area contributed by atoms with E-state index < -0.39 is 18.9 Å². The Morgan fingerprint density at radius 2 is 2.06 bits per heavy atom. The van der Waals surface area contributed by atoms with Crippen molar-refractivity contribution in [3.05, 3.63) is 34.9 Å². The minimum Gasteiger partial charge on any atom is -0.332 e. The van der Waals surface area contributed by atoms with E-state index in [2.05, 4.69) is 0 Å². The average molecular weight is 276 g/mol. The number of hydrogen-bond acceptors (Lipinski definition) is 1. The maximum Gasteiger partial charge on any atom is 0.255 e. The number of hydrogen-bond donors (Lipinski definition) is 0. The Labute approximate surface area is 111 Å². The van der Waals surface area contributed by atoms with E-state index in [-0.39, 0.29) is 12.4 Å². The van der Waals surface area contributed by atoms with Crippen molar-refractivity contribution >= 4 is 17.5 Å². The van der Waals surface area contributed by atoms with E-state index in [1.807, 2.05) is 19.1 Å². The van der Waals surface area contributed by atoms with Crippen LogP contribution in [0.15, 0.2) is 18.2 Å². The average Bonchev–Trinajstić information content (AvgIpc) is 2.30. The summed E-state index contributed by atoms with van der Waals surface area (Å²) in [6.45, 7) is 3.18. The molecule has 2 nitrogen and oxygen atoms in total. The third-order valence-electron chi connectivity index (χ3n) is 2.62. The number of aryl methyl sites for hydroxylation is 2. The molecule has 0 saturated heterocycles. The van der Waals surface area contributed by atoms with Gasteiger partial charge in [-0.05, 0) is 25.5 Å². The summed E-state index contributed by atoms with van der Waals surface area (Å²) >= 11 is 5.54. The molecular weight excluding hydrogens is 260 g/mol. The fraction of sp³-hybridized carbons (Fsp3) is 0.462. The quantitative estimate of drug-likeness (QED) is 0.756. The lowest BCUT2D eigenvalue weighted by atomic mass is 10.0. The van der Waals surface area contributed by atoms with Gasteiger partial charge in [0.1, 0.15) is 0 Å². The van der Waals surface area contributed by atoms with Crippen LogP contribution in [0.5, 0.6) is 0 Å². The first kappa shape index (κ1) is 14.9. The van der Waals surface area contributed by atoms with Gasteiger partial charge in [-0.2, -0.15) is 0 Å². The number of benzene rings is 1. The van der Waals surface area contributed by atoms with Gasteiger partial charge in [-0.3, -0.25) is 4.79 Å². The highest BCUT2D eigenvalue weighted by Crippen LogP contribution is 2.14. The number of amides is 1. The van der Waals surface area contributed by atoms with Crippen molar-refractivity contribution in [2.45, 2.75) is 20.3 Å². The molecule has 0 atom stereocenters. The lowest BCUT2D eigenvalue weighted by Crippen LogP contribution is -2.37. The Bertz CT molecular complexity index is 423. The predicted octanol–water partition coefficient (Wildman–Crippen LogP) is 3.25. The summed E-state index contributed by atoms with van der Waals surface area (Å²) in [7, 11) is 0. The fourth-order valence-corrected chi connectivity index (χ4v) is 1.88. The maximum absolute atomic E-state index is 12.4. The molecule has 0 saturated carbocycles. The lowest BCUT2D eigenvalue weighted by Gasteiger charge is -2.22. The van der Waals surface area contributed by atoms with Crippen LogP contribution in [-0.4, -0.2) is 36.2 Å². The van der Waals surface area contributed by atoms with Crippen molar-refractivity contribution in [2.24, 2.45) is 0 Å². The summed E-state index contributed by atoms with van der Waals surface area (Å²) in [6.07, 6.45) is -2.55. The van der Waals surface area contributed by atoms with E-state index in [0.717, 1.165) is 16.0 Å². The van der Waals surface area contributed by atoms with Crippen molar-refractivity contribution in [3.63, 3.8) is 0 Å². The van der Waals surface area contributed by atoms with Crippen LogP contribution < -0.4 is 0 Å². The summed E-state index contributed by atoms with van der Waals surface area (Å²) in [4.78, 5) is 13.3. The number of carbonyl (C=O) groups is 1. The van der Waals surface area contributed by atoms with Crippen LogP contribution in [0.3, 0.4) is 0 Å². The molecule has 100 valence electrons. The second-order valence-electron chi connectivity index (χ2n) is 4.15. The van der Waals surface area contributed by atoms with Gasteiger partial charge < -0.3 is 4.90 Å². The summed E-state index contributed by atoms with van der Waals surface area (Å²) in [5.74, 6) is -0.249. The first-order valence-electron chi connectivity index (χ1n) is 5.66. The van der Waals surface area contributed by atoms with Crippen molar-refractivity contribution in [1.82, 2.24) is 4.90 Å². The molecule has 1 aromatic carbocycles. The number of nitrogens with zero attached hydrogens (tertiary/aromatic N) is 1. The van der Waals surface area contributed by atoms with Crippen LogP contribution in [0.25, 0.3) is 0 Å². The summed E-state index contributed by atoms with van der Waals surface area (Å²) < 4.78 is 24.9. The minimum atomic E-state index is -2.55. The van der Waals surface area contributed by atoms with Crippen molar-refractivity contribution in [1.29, 1.82) is 0 Å². The topological polar surface area (TPSA) is 20.3 Å². The van der Waals surface area contributed by atoms with Crippen LogP contribution >= 0.6 is 11.6 Å². The highest BCUT2D eigenvalue weighted by atomic mass is 35.5. The zero-order valence-corrected chi connectivity index (χ0v) is 11.2. The van der Waals surface area contributed by atoms with Crippen molar-refractivity contribution in [2.75, 3.05) is 19.0 Å². The van der Waals surface area contributed by atoms with Gasteiger partial charge in [0, 0.05) is 18.0 Å².